The first kappa shape index (κ1) is 18.2. The molecule has 4 N–H and O–H groups in total. The molecule has 1 atom stereocenters. The summed E-state index contributed by atoms with van der Waals surface area (Å²) in [5.74, 6) is -0.446. The van der Waals surface area contributed by atoms with Crippen molar-refractivity contribution in [3.05, 3.63) is 0 Å². The van der Waals surface area contributed by atoms with Crippen LogP contribution in [0.5, 0.6) is 0 Å². The Morgan fingerprint density at radius 1 is 1.37 bits per heavy atom. The zero-order valence-corrected chi connectivity index (χ0v) is 12.9. The minimum atomic E-state index is -0.969. The Balaban J connectivity index is 4.16. The van der Waals surface area contributed by atoms with Crippen molar-refractivity contribution < 1.29 is 14.7 Å². The van der Waals surface area contributed by atoms with E-state index in [2.05, 4.69) is 19.2 Å². The summed E-state index contributed by atoms with van der Waals surface area (Å²) < 4.78 is 0. The number of carboxylic acid groups (broad SMARTS) is 1. The van der Waals surface area contributed by atoms with Gasteiger partial charge in [0.15, 0.2) is 0 Å². The lowest BCUT2D eigenvalue weighted by Crippen LogP contribution is -2.41. The normalized spacial score (nSPS) is 13.1. The Labute approximate surface area is 119 Å². The standard InChI is InChI=1S/C13H26N2O3S/c1-13(2,7-8-14)6-4-11(16)15-10(12(17)18)5-9-19-3/h10H,4-9,14H2,1-3H3,(H,15,16)(H,17,18). The summed E-state index contributed by atoms with van der Waals surface area (Å²) in [6.07, 6.45) is 4.28. The van der Waals surface area contributed by atoms with Crippen LogP contribution in [0.1, 0.15) is 39.5 Å². The highest BCUT2D eigenvalue weighted by atomic mass is 32.2. The minimum absolute atomic E-state index is 0.0179. The highest BCUT2D eigenvalue weighted by molar-refractivity contribution is 7.98. The van der Waals surface area contributed by atoms with E-state index in [1.54, 1.807) is 11.8 Å². The number of nitrogens with one attached hydrogen (secondary N) is 1. The second-order valence-electron chi connectivity index (χ2n) is 5.44. The highest BCUT2D eigenvalue weighted by Crippen LogP contribution is 2.25. The van der Waals surface area contributed by atoms with Crippen molar-refractivity contribution in [2.24, 2.45) is 11.1 Å². The lowest BCUT2D eigenvalue weighted by atomic mass is 9.84. The van der Waals surface area contributed by atoms with Crippen LogP contribution in [0.25, 0.3) is 0 Å². The fourth-order valence-corrected chi connectivity index (χ4v) is 2.20. The first-order valence-electron chi connectivity index (χ1n) is 6.53. The number of nitrogens with two attached hydrogens (primary N) is 1. The Hall–Kier alpha value is -0.750. The zero-order chi connectivity index (χ0) is 14.9. The predicted molar refractivity (Wildman–Crippen MR) is 79.3 cm³/mol. The minimum Gasteiger partial charge on any atom is -0.480 e. The molecule has 6 heteroatoms. The molecule has 19 heavy (non-hydrogen) atoms. The van der Waals surface area contributed by atoms with Gasteiger partial charge in [-0.1, -0.05) is 13.8 Å². The van der Waals surface area contributed by atoms with Gasteiger partial charge in [-0.2, -0.15) is 11.8 Å². The smallest absolute Gasteiger partial charge is 0.326 e. The van der Waals surface area contributed by atoms with E-state index in [-0.39, 0.29) is 11.3 Å². The largest absolute Gasteiger partial charge is 0.480 e. The van der Waals surface area contributed by atoms with Gasteiger partial charge in [-0.25, -0.2) is 4.79 Å². The molecule has 0 aromatic carbocycles. The number of hydrogen-bond donors (Lipinski definition) is 3. The van der Waals surface area contributed by atoms with E-state index in [1.807, 2.05) is 6.26 Å². The maximum atomic E-state index is 11.8. The molecule has 1 amide bonds. The second-order valence-corrected chi connectivity index (χ2v) is 6.43. The third kappa shape index (κ3) is 8.88. The van der Waals surface area contributed by atoms with Crippen LogP contribution in [0.3, 0.4) is 0 Å². The molecule has 0 aromatic rings. The van der Waals surface area contributed by atoms with Crippen molar-refractivity contribution in [3.63, 3.8) is 0 Å². The van der Waals surface area contributed by atoms with E-state index in [0.29, 0.717) is 25.8 Å². The average molecular weight is 290 g/mol. The molecule has 0 saturated carbocycles. The third-order valence-electron chi connectivity index (χ3n) is 3.09. The molecule has 0 bridgehead atoms. The van der Waals surface area contributed by atoms with Gasteiger partial charge in [0, 0.05) is 6.42 Å². The Bertz CT molecular complexity index is 296. The number of thioether (sulfide) groups is 1. The van der Waals surface area contributed by atoms with E-state index < -0.39 is 12.0 Å². The van der Waals surface area contributed by atoms with Crippen molar-refractivity contribution in [2.45, 2.75) is 45.6 Å². The van der Waals surface area contributed by atoms with E-state index in [1.165, 1.54) is 0 Å². The van der Waals surface area contributed by atoms with Crippen LogP contribution < -0.4 is 11.1 Å². The number of rotatable bonds is 10. The van der Waals surface area contributed by atoms with Gasteiger partial charge in [-0.15, -0.1) is 0 Å². The first-order valence-corrected chi connectivity index (χ1v) is 7.93. The van der Waals surface area contributed by atoms with Crippen LogP contribution in [-0.4, -0.2) is 41.6 Å². The van der Waals surface area contributed by atoms with Crippen molar-refractivity contribution in [1.29, 1.82) is 0 Å². The molecule has 0 heterocycles. The summed E-state index contributed by atoms with van der Waals surface area (Å²) in [7, 11) is 0. The van der Waals surface area contributed by atoms with Crippen molar-refractivity contribution in [2.75, 3.05) is 18.6 Å². The van der Waals surface area contributed by atoms with Gasteiger partial charge >= 0.3 is 5.97 Å². The molecule has 1 unspecified atom stereocenters. The van der Waals surface area contributed by atoms with Gasteiger partial charge < -0.3 is 16.2 Å². The van der Waals surface area contributed by atoms with E-state index in [0.717, 1.165) is 12.2 Å². The van der Waals surface area contributed by atoms with Crippen LogP contribution in [-0.2, 0) is 9.59 Å². The van der Waals surface area contributed by atoms with Gasteiger partial charge in [-0.05, 0) is 43.2 Å². The summed E-state index contributed by atoms with van der Waals surface area (Å²) >= 11 is 1.57. The molecule has 5 nitrogen and oxygen atoms in total. The third-order valence-corrected chi connectivity index (χ3v) is 3.74. The first-order chi connectivity index (χ1) is 8.82. The Kier molecular flexibility index (Phi) is 8.84. The number of carbonyl (C=O) groups is 2. The number of carboxylic acids is 1. The summed E-state index contributed by atoms with van der Waals surface area (Å²) in [5, 5.41) is 11.6. The zero-order valence-electron chi connectivity index (χ0n) is 12.1. The van der Waals surface area contributed by atoms with Crippen molar-refractivity contribution >= 4 is 23.6 Å². The average Bonchev–Trinajstić information content (AvgIpc) is 2.31. The molecule has 0 fully saturated rings. The lowest BCUT2D eigenvalue weighted by Gasteiger charge is -2.23. The van der Waals surface area contributed by atoms with Crippen molar-refractivity contribution in [3.8, 4) is 0 Å². The molecule has 0 aromatic heterocycles. The summed E-state index contributed by atoms with van der Waals surface area (Å²) in [4.78, 5) is 22.8. The quantitative estimate of drug-likeness (QED) is 0.566. The summed E-state index contributed by atoms with van der Waals surface area (Å²) in [5.41, 5.74) is 5.53. The van der Waals surface area contributed by atoms with Crippen LogP contribution in [0.2, 0.25) is 0 Å². The Morgan fingerprint density at radius 2 is 2.00 bits per heavy atom. The van der Waals surface area contributed by atoms with Crippen LogP contribution >= 0.6 is 11.8 Å². The maximum Gasteiger partial charge on any atom is 0.326 e. The highest BCUT2D eigenvalue weighted by Gasteiger charge is 2.22. The molecule has 0 aliphatic heterocycles. The van der Waals surface area contributed by atoms with E-state index in [9.17, 15) is 9.59 Å². The van der Waals surface area contributed by atoms with E-state index >= 15 is 0 Å². The summed E-state index contributed by atoms with van der Waals surface area (Å²) in [6.45, 7) is 4.73. The monoisotopic (exact) mass is 290 g/mol. The molecule has 112 valence electrons. The molecular formula is C13H26N2O3S. The molecule has 0 saturated heterocycles. The van der Waals surface area contributed by atoms with Crippen molar-refractivity contribution in [1.82, 2.24) is 5.32 Å². The fraction of sp³-hybridized carbons (Fsp3) is 0.846. The van der Waals surface area contributed by atoms with Crippen LogP contribution in [0.15, 0.2) is 0 Å². The van der Waals surface area contributed by atoms with Gasteiger partial charge in [-0.3, -0.25) is 4.79 Å². The van der Waals surface area contributed by atoms with Crippen LogP contribution in [0, 0.1) is 5.41 Å². The SMILES string of the molecule is CSCCC(NC(=O)CCC(C)(C)CCN)C(=O)O. The number of carbonyl (C=O) groups excluding carboxylic acids is 1. The number of hydrogen-bond acceptors (Lipinski definition) is 4. The van der Waals surface area contributed by atoms with Gasteiger partial charge in [0.1, 0.15) is 6.04 Å². The van der Waals surface area contributed by atoms with Gasteiger partial charge in [0.05, 0.1) is 0 Å². The molecule has 0 aliphatic carbocycles. The molecule has 0 aliphatic rings. The molecule has 0 spiro atoms. The topological polar surface area (TPSA) is 92.4 Å². The van der Waals surface area contributed by atoms with Gasteiger partial charge in [0.25, 0.3) is 0 Å². The van der Waals surface area contributed by atoms with Crippen LogP contribution in [0.4, 0.5) is 0 Å². The fourth-order valence-electron chi connectivity index (χ4n) is 1.73. The molecule has 0 radical (unpaired) electrons. The summed E-state index contributed by atoms with van der Waals surface area (Å²) in [6, 6.07) is -0.780. The predicted octanol–water partition coefficient (Wildman–Crippen LogP) is 1.46. The Morgan fingerprint density at radius 3 is 2.47 bits per heavy atom. The maximum absolute atomic E-state index is 11.8. The van der Waals surface area contributed by atoms with E-state index in [4.69, 9.17) is 10.8 Å². The second kappa shape index (κ2) is 9.20. The molecule has 0 rings (SSSR count). The molecular weight excluding hydrogens is 264 g/mol. The number of aliphatic carboxylic acids is 1. The number of amides is 1. The van der Waals surface area contributed by atoms with Gasteiger partial charge in [0.2, 0.25) is 5.91 Å². The lowest BCUT2D eigenvalue weighted by molar-refractivity contribution is -0.141.